The zero-order valence-corrected chi connectivity index (χ0v) is 13.3. The van der Waals surface area contributed by atoms with Crippen LogP contribution < -0.4 is 5.73 Å². The molecular weight excluding hydrogens is 299 g/mol. The second kappa shape index (κ2) is 7.75. The van der Waals surface area contributed by atoms with Gasteiger partial charge in [-0.1, -0.05) is 29.6 Å². The molecule has 1 atom stereocenters. The summed E-state index contributed by atoms with van der Waals surface area (Å²) in [6.07, 6.45) is 3.84. The summed E-state index contributed by atoms with van der Waals surface area (Å²) >= 11 is 13.9. The van der Waals surface area contributed by atoms with Crippen LogP contribution >= 0.6 is 35.0 Å². The summed E-state index contributed by atoms with van der Waals surface area (Å²) in [7, 11) is 0. The number of nitrogens with two attached hydrogens (primary N) is 1. The molecule has 1 aromatic rings. The van der Waals surface area contributed by atoms with E-state index in [0.717, 1.165) is 33.8 Å². The zero-order chi connectivity index (χ0) is 13.7. The molecule has 1 aliphatic heterocycles. The Hall–Kier alpha value is 0.0700. The molecule has 0 saturated carbocycles. The van der Waals surface area contributed by atoms with Crippen LogP contribution in [0.3, 0.4) is 0 Å². The van der Waals surface area contributed by atoms with Gasteiger partial charge in [-0.15, -0.1) is 11.8 Å². The molecule has 1 saturated heterocycles. The normalized spacial score (nSPS) is 20.7. The highest BCUT2D eigenvalue weighted by atomic mass is 35.5. The van der Waals surface area contributed by atoms with Crippen LogP contribution in [0.4, 0.5) is 0 Å². The Bertz CT molecular complexity index is 414. The molecule has 0 bridgehead atoms. The van der Waals surface area contributed by atoms with Crippen LogP contribution in [-0.4, -0.2) is 36.3 Å². The topological polar surface area (TPSA) is 29.3 Å². The fourth-order valence-electron chi connectivity index (χ4n) is 2.48. The van der Waals surface area contributed by atoms with Gasteiger partial charge in [-0.25, -0.2) is 0 Å². The Morgan fingerprint density at radius 3 is 2.95 bits per heavy atom. The van der Waals surface area contributed by atoms with E-state index < -0.39 is 0 Å². The van der Waals surface area contributed by atoms with E-state index in [9.17, 15) is 0 Å². The van der Waals surface area contributed by atoms with Crippen LogP contribution in [0.1, 0.15) is 19.3 Å². The predicted octanol–water partition coefficient (Wildman–Crippen LogP) is 3.90. The maximum Gasteiger partial charge on any atom is 0.0542 e. The van der Waals surface area contributed by atoms with E-state index in [1.54, 1.807) is 11.8 Å². The van der Waals surface area contributed by atoms with Crippen LogP contribution in [0.25, 0.3) is 0 Å². The zero-order valence-electron chi connectivity index (χ0n) is 10.9. The third-order valence-corrected chi connectivity index (χ3v) is 5.26. The van der Waals surface area contributed by atoms with Crippen LogP contribution in [-0.2, 0) is 0 Å². The van der Waals surface area contributed by atoms with Gasteiger partial charge in [0.1, 0.15) is 0 Å². The largest absolute Gasteiger partial charge is 0.329 e. The smallest absolute Gasteiger partial charge is 0.0542 e. The summed E-state index contributed by atoms with van der Waals surface area (Å²) in [4.78, 5) is 3.57. The number of likely N-dealkylation sites (tertiary alicyclic amines) is 1. The fourth-order valence-corrected chi connectivity index (χ4v) is 3.96. The van der Waals surface area contributed by atoms with Gasteiger partial charge in [0.2, 0.25) is 0 Å². The van der Waals surface area contributed by atoms with Gasteiger partial charge in [-0.05, 0) is 37.6 Å². The second-order valence-electron chi connectivity index (χ2n) is 4.84. The van der Waals surface area contributed by atoms with Gasteiger partial charge in [0, 0.05) is 34.8 Å². The van der Waals surface area contributed by atoms with E-state index in [4.69, 9.17) is 28.9 Å². The molecule has 2 rings (SSSR count). The van der Waals surface area contributed by atoms with Crippen LogP contribution in [0.5, 0.6) is 0 Å². The highest BCUT2D eigenvalue weighted by Crippen LogP contribution is 2.30. The summed E-state index contributed by atoms with van der Waals surface area (Å²) in [6.45, 7) is 3.00. The fraction of sp³-hybridized carbons (Fsp3) is 0.571. The third-order valence-electron chi connectivity index (χ3n) is 3.55. The van der Waals surface area contributed by atoms with Crippen LogP contribution in [0, 0.1) is 0 Å². The van der Waals surface area contributed by atoms with Crippen molar-refractivity contribution in [2.24, 2.45) is 5.73 Å². The van der Waals surface area contributed by atoms with E-state index in [1.807, 2.05) is 18.2 Å². The molecule has 1 aromatic carbocycles. The summed E-state index contributed by atoms with van der Waals surface area (Å²) in [5, 5.41) is 1.52. The van der Waals surface area contributed by atoms with Crippen LogP contribution in [0.2, 0.25) is 10.0 Å². The van der Waals surface area contributed by atoms with Crippen LogP contribution in [0.15, 0.2) is 23.1 Å². The maximum absolute atomic E-state index is 6.16. The first-order chi connectivity index (χ1) is 9.20. The highest BCUT2D eigenvalue weighted by Gasteiger charge is 2.20. The van der Waals surface area contributed by atoms with Crippen molar-refractivity contribution in [3.63, 3.8) is 0 Å². The number of thioether (sulfide) groups is 1. The molecule has 0 aromatic heterocycles. The lowest BCUT2D eigenvalue weighted by Crippen LogP contribution is -2.44. The lowest BCUT2D eigenvalue weighted by Gasteiger charge is -2.34. The van der Waals surface area contributed by atoms with Gasteiger partial charge < -0.3 is 5.73 Å². The van der Waals surface area contributed by atoms with Crippen molar-refractivity contribution in [1.29, 1.82) is 0 Å². The van der Waals surface area contributed by atoms with E-state index in [1.165, 1.54) is 25.8 Å². The number of benzene rings is 1. The lowest BCUT2D eigenvalue weighted by molar-refractivity contribution is 0.163. The third kappa shape index (κ3) is 4.54. The monoisotopic (exact) mass is 318 g/mol. The van der Waals surface area contributed by atoms with Crippen molar-refractivity contribution < 1.29 is 0 Å². The Morgan fingerprint density at radius 1 is 1.32 bits per heavy atom. The predicted molar refractivity (Wildman–Crippen MR) is 85.5 cm³/mol. The van der Waals surface area contributed by atoms with Gasteiger partial charge in [0.05, 0.1) is 5.02 Å². The van der Waals surface area contributed by atoms with Crippen molar-refractivity contribution >= 4 is 35.0 Å². The van der Waals surface area contributed by atoms with Gasteiger partial charge in [-0.2, -0.15) is 0 Å². The van der Waals surface area contributed by atoms with E-state index in [2.05, 4.69) is 4.90 Å². The van der Waals surface area contributed by atoms with E-state index in [0.29, 0.717) is 6.04 Å². The molecule has 0 amide bonds. The first-order valence-corrected chi connectivity index (χ1v) is 8.47. The SMILES string of the molecule is NCC1CCCCN1CCSc1cc(Cl)ccc1Cl. The lowest BCUT2D eigenvalue weighted by atomic mass is 10.0. The summed E-state index contributed by atoms with van der Waals surface area (Å²) in [5.74, 6) is 1.02. The molecule has 1 heterocycles. The Morgan fingerprint density at radius 2 is 2.16 bits per heavy atom. The number of hydrogen-bond acceptors (Lipinski definition) is 3. The minimum absolute atomic E-state index is 0.559. The van der Waals surface area contributed by atoms with Gasteiger partial charge in [-0.3, -0.25) is 4.90 Å². The minimum Gasteiger partial charge on any atom is -0.329 e. The molecule has 106 valence electrons. The molecule has 2 nitrogen and oxygen atoms in total. The Kier molecular flexibility index (Phi) is 6.30. The summed E-state index contributed by atoms with van der Waals surface area (Å²) in [6, 6.07) is 6.17. The molecule has 1 aliphatic rings. The summed E-state index contributed by atoms with van der Waals surface area (Å²) < 4.78 is 0. The number of halogens is 2. The molecule has 5 heteroatoms. The Balaban J connectivity index is 1.83. The number of hydrogen-bond donors (Lipinski definition) is 1. The Labute approximate surface area is 129 Å². The average molecular weight is 319 g/mol. The van der Waals surface area contributed by atoms with E-state index in [-0.39, 0.29) is 0 Å². The molecule has 0 aliphatic carbocycles. The van der Waals surface area contributed by atoms with Crippen molar-refractivity contribution in [2.45, 2.75) is 30.2 Å². The molecule has 2 N–H and O–H groups in total. The van der Waals surface area contributed by atoms with Gasteiger partial charge in [0.25, 0.3) is 0 Å². The molecule has 19 heavy (non-hydrogen) atoms. The maximum atomic E-state index is 6.16. The first-order valence-electron chi connectivity index (χ1n) is 6.72. The quantitative estimate of drug-likeness (QED) is 0.835. The average Bonchev–Trinajstić information content (AvgIpc) is 2.43. The number of piperidine rings is 1. The molecule has 0 radical (unpaired) electrons. The number of nitrogens with zero attached hydrogens (tertiary/aromatic N) is 1. The van der Waals surface area contributed by atoms with Crippen molar-refractivity contribution in [3.8, 4) is 0 Å². The molecule has 0 spiro atoms. The van der Waals surface area contributed by atoms with Crippen molar-refractivity contribution in [1.82, 2.24) is 4.90 Å². The van der Waals surface area contributed by atoms with Gasteiger partial charge >= 0.3 is 0 Å². The first kappa shape index (κ1) is 15.5. The molecule has 1 unspecified atom stereocenters. The van der Waals surface area contributed by atoms with Crippen molar-refractivity contribution in [2.75, 3.05) is 25.4 Å². The summed E-state index contributed by atoms with van der Waals surface area (Å²) in [5.41, 5.74) is 5.83. The van der Waals surface area contributed by atoms with E-state index >= 15 is 0 Å². The standard InChI is InChI=1S/C14H20Cl2N2S/c15-11-4-5-13(16)14(9-11)19-8-7-18-6-2-1-3-12(18)10-17/h4-5,9,12H,1-3,6-8,10,17H2. The second-order valence-corrected chi connectivity index (χ2v) is 6.82. The molecular formula is C14H20Cl2N2S. The highest BCUT2D eigenvalue weighted by molar-refractivity contribution is 7.99. The number of rotatable bonds is 5. The van der Waals surface area contributed by atoms with Crippen molar-refractivity contribution in [3.05, 3.63) is 28.2 Å². The minimum atomic E-state index is 0.559. The molecule has 1 fully saturated rings. The van der Waals surface area contributed by atoms with Gasteiger partial charge in [0.15, 0.2) is 0 Å².